The van der Waals surface area contributed by atoms with E-state index >= 15 is 0 Å². The van der Waals surface area contributed by atoms with Crippen LogP contribution < -0.4 is 5.32 Å². The largest absolute Gasteiger partial charge is 0.316 e. The lowest BCUT2D eigenvalue weighted by Crippen LogP contribution is -2.12. The number of nitrogens with zero attached hydrogens (tertiary/aromatic N) is 1. The van der Waals surface area contributed by atoms with Crippen molar-refractivity contribution in [3.63, 3.8) is 0 Å². The standard InChI is InChI=1S/C18H18N2OS/c1-11-6-2-3-7-12(11)17-16-13-8-4-5-9-14(13)22-18(16)20-15(21)10-19-17/h2-3,6-7H,4-5,8-10H2,1H3,(H,20,21). The first-order valence-corrected chi connectivity index (χ1v) is 8.61. The first kappa shape index (κ1) is 13.7. The number of aryl methyl sites for hydroxylation is 2. The van der Waals surface area contributed by atoms with Gasteiger partial charge in [-0.05, 0) is 43.7 Å². The molecule has 2 heterocycles. The van der Waals surface area contributed by atoms with Crippen LogP contribution in [0, 0.1) is 6.92 Å². The second-order valence-corrected chi connectivity index (χ2v) is 7.05. The number of anilines is 1. The van der Waals surface area contributed by atoms with Crippen LogP contribution >= 0.6 is 11.3 Å². The molecule has 1 aromatic carbocycles. The Kier molecular flexibility index (Phi) is 3.34. The van der Waals surface area contributed by atoms with E-state index in [1.54, 1.807) is 11.3 Å². The van der Waals surface area contributed by atoms with Gasteiger partial charge in [0.15, 0.2) is 0 Å². The van der Waals surface area contributed by atoms with Crippen molar-refractivity contribution >= 4 is 28.0 Å². The normalized spacial score (nSPS) is 17.1. The number of benzene rings is 1. The highest BCUT2D eigenvalue weighted by Gasteiger charge is 2.28. The molecule has 0 saturated carbocycles. The van der Waals surface area contributed by atoms with E-state index in [2.05, 4.69) is 29.4 Å². The molecule has 0 fully saturated rings. The van der Waals surface area contributed by atoms with Crippen molar-refractivity contribution in [1.29, 1.82) is 0 Å². The van der Waals surface area contributed by atoms with Gasteiger partial charge in [0.05, 0.1) is 5.71 Å². The van der Waals surface area contributed by atoms with Crippen LogP contribution in [0.15, 0.2) is 29.3 Å². The molecule has 0 spiro atoms. The fourth-order valence-electron chi connectivity index (χ4n) is 3.36. The summed E-state index contributed by atoms with van der Waals surface area (Å²) in [5.74, 6) is -0.0107. The van der Waals surface area contributed by atoms with E-state index in [1.165, 1.54) is 34.4 Å². The molecule has 3 nitrogen and oxygen atoms in total. The van der Waals surface area contributed by atoms with Crippen LogP contribution in [0.2, 0.25) is 0 Å². The molecule has 1 amide bonds. The second kappa shape index (κ2) is 5.36. The number of hydrogen-bond donors (Lipinski definition) is 1. The summed E-state index contributed by atoms with van der Waals surface area (Å²) in [4.78, 5) is 18.1. The molecular formula is C18H18N2OS. The van der Waals surface area contributed by atoms with Gasteiger partial charge in [-0.2, -0.15) is 0 Å². The summed E-state index contributed by atoms with van der Waals surface area (Å²) in [5, 5.41) is 4.06. The van der Waals surface area contributed by atoms with Crippen molar-refractivity contribution < 1.29 is 4.79 Å². The van der Waals surface area contributed by atoms with E-state index in [4.69, 9.17) is 0 Å². The van der Waals surface area contributed by atoms with Gasteiger partial charge in [-0.1, -0.05) is 24.3 Å². The van der Waals surface area contributed by atoms with E-state index in [-0.39, 0.29) is 12.5 Å². The number of thiophene rings is 1. The van der Waals surface area contributed by atoms with E-state index in [0.29, 0.717) is 0 Å². The van der Waals surface area contributed by atoms with Gasteiger partial charge < -0.3 is 5.32 Å². The van der Waals surface area contributed by atoms with Gasteiger partial charge in [-0.3, -0.25) is 9.79 Å². The van der Waals surface area contributed by atoms with Gasteiger partial charge in [0, 0.05) is 16.0 Å². The number of aliphatic imine (C=N–C) groups is 1. The zero-order valence-electron chi connectivity index (χ0n) is 12.6. The van der Waals surface area contributed by atoms with Crippen LogP contribution in [-0.4, -0.2) is 18.2 Å². The zero-order valence-corrected chi connectivity index (χ0v) is 13.4. The summed E-state index contributed by atoms with van der Waals surface area (Å²) in [7, 11) is 0. The fraction of sp³-hybridized carbons (Fsp3) is 0.333. The van der Waals surface area contributed by atoms with Crippen molar-refractivity contribution in [3.8, 4) is 0 Å². The van der Waals surface area contributed by atoms with Gasteiger partial charge in [-0.25, -0.2) is 0 Å². The van der Waals surface area contributed by atoms with Gasteiger partial charge >= 0.3 is 0 Å². The van der Waals surface area contributed by atoms with E-state index in [1.807, 2.05) is 12.1 Å². The highest BCUT2D eigenvalue weighted by Crippen LogP contribution is 2.40. The topological polar surface area (TPSA) is 41.5 Å². The molecule has 0 atom stereocenters. The molecule has 4 heteroatoms. The Balaban J connectivity index is 1.95. The lowest BCUT2D eigenvalue weighted by molar-refractivity contribution is -0.114. The number of carbonyl (C=O) groups is 1. The minimum atomic E-state index is -0.0107. The first-order valence-electron chi connectivity index (χ1n) is 7.79. The van der Waals surface area contributed by atoms with Crippen molar-refractivity contribution in [3.05, 3.63) is 51.4 Å². The van der Waals surface area contributed by atoms with E-state index in [9.17, 15) is 4.79 Å². The minimum Gasteiger partial charge on any atom is -0.316 e. The van der Waals surface area contributed by atoms with Crippen LogP contribution in [0.5, 0.6) is 0 Å². The Labute approximate surface area is 134 Å². The van der Waals surface area contributed by atoms with Gasteiger partial charge in [0.2, 0.25) is 5.91 Å². The average molecular weight is 310 g/mol. The summed E-state index contributed by atoms with van der Waals surface area (Å²) < 4.78 is 0. The number of amides is 1. The lowest BCUT2D eigenvalue weighted by Gasteiger charge is -2.15. The van der Waals surface area contributed by atoms with Gasteiger partial charge in [0.1, 0.15) is 11.5 Å². The Morgan fingerprint density at radius 3 is 2.86 bits per heavy atom. The average Bonchev–Trinajstić information content (AvgIpc) is 2.79. The molecule has 0 saturated heterocycles. The third-order valence-corrected chi connectivity index (χ3v) is 5.65. The van der Waals surface area contributed by atoms with Gasteiger partial charge in [-0.15, -0.1) is 11.3 Å². The van der Waals surface area contributed by atoms with Crippen LogP contribution in [0.25, 0.3) is 0 Å². The monoisotopic (exact) mass is 310 g/mol. The maximum Gasteiger partial charge on any atom is 0.246 e. The molecule has 0 unspecified atom stereocenters. The lowest BCUT2D eigenvalue weighted by atomic mass is 9.90. The molecule has 22 heavy (non-hydrogen) atoms. The Morgan fingerprint density at radius 1 is 1.18 bits per heavy atom. The molecule has 112 valence electrons. The quantitative estimate of drug-likeness (QED) is 0.857. The molecule has 2 aromatic rings. The van der Waals surface area contributed by atoms with Crippen LogP contribution in [0.3, 0.4) is 0 Å². The Morgan fingerprint density at radius 2 is 2.00 bits per heavy atom. The molecule has 0 bridgehead atoms. The molecule has 1 aromatic heterocycles. The highest BCUT2D eigenvalue weighted by molar-refractivity contribution is 7.17. The second-order valence-electron chi connectivity index (χ2n) is 5.94. The third-order valence-electron chi connectivity index (χ3n) is 4.44. The number of hydrogen-bond acceptors (Lipinski definition) is 3. The van der Waals surface area contributed by atoms with E-state index in [0.717, 1.165) is 29.1 Å². The number of rotatable bonds is 1. The molecule has 1 N–H and O–H groups in total. The SMILES string of the molecule is Cc1ccccc1C1=NCC(=O)Nc2sc3c(c21)CCCC3. The van der Waals surface area contributed by atoms with E-state index < -0.39 is 0 Å². The summed E-state index contributed by atoms with van der Waals surface area (Å²) in [5.41, 5.74) is 5.94. The predicted octanol–water partition coefficient (Wildman–Crippen LogP) is 3.72. The first-order chi connectivity index (χ1) is 10.7. The zero-order chi connectivity index (χ0) is 15.1. The maximum absolute atomic E-state index is 12.0. The minimum absolute atomic E-state index is 0.0107. The van der Waals surface area contributed by atoms with Crippen LogP contribution in [0.4, 0.5) is 5.00 Å². The van der Waals surface area contributed by atoms with Crippen molar-refractivity contribution in [1.82, 2.24) is 0 Å². The van der Waals surface area contributed by atoms with Crippen LogP contribution in [-0.2, 0) is 17.6 Å². The maximum atomic E-state index is 12.0. The van der Waals surface area contributed by atoms with Crippen molar-refractivity contribution in [2.75, 3.05) is 11.9 Å². The smallest absolute Gasteiger partial charge is 0.246 e. The highest BCUT2D eigenvalue weighted by atomic mass is 32.1. The number of fused-ring (bicyclic) bond motifs is 3. The predicted molar refractivity (Wildman–Crippen MR) is 91.3 cm³/mol. The summed E-state index contributed by atoms with van der Waals surface area (Å²) >= 11 is 1.75. The molecule has 4 rings (SSSR count). The van der Waals surface area contributed by atoms with Crippen LogP contribution in [0.1, 0.15) is 40.0 Å². The molecule has 2 aliphatic rings. The molecule has 1 aliphatic heterocycles. The number of nitrogens with one attached hydrogen (secondary N) is 1. The number of carbonyl (C=O) groups excluding carboxylic acids is 1. The fourth-order valence-corrected chi connectivity index (χ4v) is 4.67. The van der Waals surface area contributed by atoms with Gasteiger partial charge in [0.25, 0.3) is 0 Å². The Hall–Kier alpha value is -1.94. The molecular weight excluding hydrogens is 292 g/mol. The molecule has 0 radical (unpaired) electrons. The summed E-state index contributed by atoms with van der Waals surface area (Å²) in [6.07, 6.45) is 4.70. The van der Waals surface area contributed by atoms with Crippen molar-refractivity contribution in [2.45, 2.75) is 32.6 Å². The summed E-state index contributed by atoms with van der Waals surface area (Å²) in [6, 6.07) is 8.31. The molecule has 1 aliphatic carbocycles. The third kappa shape index (κ3) is 2.18. The summed E-state index contributed by atoms with van der Waals surface area (Å²) in [6.45, 7) is 2.32. The van der Waals surface area contributed by atoms with Crippen molar-refractivity contribution in [2.24, 2.45) is 4.99 Å². The Bertz CT molecular complexity index is 788.